The Morgan fingerprint density at radius 1 is 1.17 bits per heavy atom. The van der Waals surface area contributed by atoms with Crippen molar-refractivity contribution in [1.29, 1.82) is 5.26 Å². The topological polar surface area (TPSA) is 97.8 Å². The molecule has 4 aromatic rings. The van der Waals surface area contributed by atoms with E-state index in [0.717, 1.165) is 29.9 Å². The molecule has 0 spiro atoms. The van der Waals surface area contributed by atoms with E-state index in [0.29, 0.717) is 35.7 Å². The lowest BCUT2D eigenvalue weighted by Gasteiger charge is -2.18. The molecule has 0 aliphatic carbocycles. The van der Waals surface area contributed by atoms with Crippen molar-refractivity contribution in [2.75, 3.05) is 31.7 Å². The first kappa shape index (κ1) is 22.4. The first-order valence-corrected chi connectivity index (χ1v) is 11.2. The lowest BCUT2D eigenvalue weighted by atomic mass is 10.1. The zero-order valence-corrected chi connectivity index (χ0v) is 19.3. The number of rotatable bonds is 7. The van der Waals surface area contributed by atoms with Gasteiger partial charge >= 0.3 is 0 Å². The number of aromatic nitrogens is 4. The molecule has 1 aliphatic rings. The molecule has 0 radical (unpaired) electrons. The number of halogens is 1. The highest BCUT2D eigenvalue weighted by atomic mass is 19.1. The van der Waals surface area contributed by atoms with Crippen LogP contribution in [-0.4, -0.2) is 52.5 Å². The third kappa shape index (κ3) is 4.40. The van der Waals surface area contributed by atoms with Gasteiger partial charge in [-0.2, -0.15) is 10.4 Å². The van der Waals surface area contributed by atoms with Gasteiger partial charge in [0.05, 0.1) is 49.9 Å². The smallest absolute Gasteiger partial charge is 0.250 e. The fourth-order valence-electron chi connectivity index (χ4n) is 4.22. The number of hydrogen-bond acceptors (Lipinski definition) is 8. The molecule has 0 saturated carbocycles. The van der Waals surface area contributed by atoms with Gasteiger partial charge < -0.3 is 19.1 Å². The summed E-state index contributed by atoms with van der Waals surface area (Å²) in [5.74, 6) is 1.22. The molecule has 1 unspecified atom stereocenters. The van der Waals surface area contributed by atoms with Crippen LogP contribution in [0.1, 0.15) is 18.9 Å². The molecule has 0 N–H and O–H groups in total. The van der Waals surface area contributed by atoms with Crippen molar-refractivity contribution >= 4 is 11.3 Å². The molecule has 5 rings (SSSR count). The predicted octanol–water partition coefficient (Wildman–Crippen LogP) is 3.87. The molecule has 1 fully saturated rings. The van der Waals surface area contributed by atoms with Gasteiger partial charge in [-0.05, 0) is 25.1 Å². The number of fused-ring (bicyclic) bond motifs is 1. The highest BCUT2D eigenvalue weighted by molar-refractivity contribution is 5.85. The number of anilines is 1. The predicted molar refractivity (Wildman–Crippen MR) is 126 cm³/mol. The maximum absolute atomic E-state index is 13.9. The lowest BCUT2D eigenvalue weighted by molar-refractivity contribution is 0.222. The number of nitrogens with zero attached hydrogens (tertiary/aromatic N) is 6. The minimum Gasteiger partial charge on any atom is -0.492 e. The Balaban J connectivity index is 1.34. The Labute approximate surface area is 201 Å². The van der Waals surface area contributed by atoms with E-state index in [9.17, 15) is 9.65 Å². The van der Waals surface area contributed by atoms with Crippen molar-refractivity contribution in [3.8, 4) is 34.6 Å². The van der Waals surface area contributed by atoms with Crippen LogP contribution in [0.4, 0.5) is 10.2 Å². The minimum absolute atomic E-state index is 0.0587. The van der Waals surface area contributed by atoms with Crippen molar-refractivity contribution in [2.45, 2.75) is 19.4 Å². The number of hydrogen-bond donors (Lipinski definition) is 0. The number of pyridine rings is 3. The summed E-state index contributed by atoms with van der Waals surface area (Å²) in [4.78, 5) is 10.7. The van der Waals surface area contributed by atoms with E-state index >= 15 is 0 Å². The normalized spacial score (nSPS) is 15.3. The second kappa shape index (κ2) is 9.46. The fraction of sp³-hybridized carbons (Fsp3) is 0.280. The first-order chi connectivity index (χ1) is 17.1. The van der Waals surface area contributed by atoms with Crippen molar-refractivity contribution in [3.05, 3.63) is 60.4 Å². The van der Waals surface area contributed by atoms with Gasteiger partial charge in [0.1, 0.15) is 29.5 Å². The highest BCUT2D eigenvalue weighted by Crippen LogP contribution is 2.32. The minimum atomic E-state index is -0.558. The van der Waals surface area contributed by atoms with Gasteiger partial charge in [-0.15, -0.1) is 0 Å². The van der Waals surface area contributed by atoms with Crippen molar-refractivity contribution < 1.29 is 18.6 Å². The second-order valence-corrected chi connectivity index (χ2v) is 8.03. The third-order valence-corrected chi connectivity index (χ3v) is 5.82. The van der Waals surface area contributed by atoms with E-state index in [-0.39, 0.29) is 12.0 Å². The quantitative estimate of drug-likeness (QED) is 0.398. The monoisotopic (exact) mass is 474 g/mol. The molecule has 1 atom stereocenters. The molecule has 9 nitrogen and oxygen atoms in total. The molecule has 1 aliphatic heterocycles. The first-order valence-electron chi connectivity index (χ1n) is 11.2. The summed E-state index contributed by atoms with van der Waals surface area (Å²) < 4.78 is 32.0. The van der Waals surface area contributed by atoms with Crippen LogP contribution in [0.3, 0.4) is 0 Å². The van der Waals surface area contributed by atoms with E-state index in [2.05, 4.69) is 26.0 Å². The van der Waals surface area contributed by atoms with E-state index in [4.69, 9.17) is 14.2 Å². The van der Waals surface area contributed by atoms with E-state index in [1.54, 1.807) is 23.1 Å². The van der Waals surface area contributed by atoms with E-state index < -0.39 is 5.82 Å². The van der Waals surface area contributed by atoms with Crippen LogP contribution >= 0.6 is 0 Å². The molecule has 4 aromatic heterocycles. The maximum Gasteiger partial charge on any atom is 0.250 e. The summed E-state index contributed by atoms with van der Waals surface area (Å²) in [7, 11) is 1.37. The third-order valence-electron chi connectivity index (χ3n) is 5.82. The van der Waals surface area contributed by atoms with Crippen molar-refractivity contribution in [3.63, 3.8) is 0 Å². The molecular formula is C25H23FN6O3. The Morgan fingerprint density at radius 2 is 2.06 bits per heavy atom. The lowest BCUT2D eigenvalue weighted by Crippen LogP contribution is -2.25. The fourth-order valence-corrected chi connectivity index (χ4v) is 4.22. The molecule has 0 aromatic carbocycles. The summed E-state index contributed by atoms with van der Waals surface area (Å²) in [5.41, 5.74) is 2.86. The van der Waals surface area contributed by atoms with Gasteiger partial charge in [-0.1, -0.05) is 0 Å². The standard InChI is InChI=1S/C25H23FN6O3/c1-3-34-20-8-21(24-17(10-27)12-30-32(24)15-20)16-4-5-23(28-11-16)31-7-6-18(14-31)35-19-9-22(26)25(33-2)29-13-19/h4-5,8-9,11-13,15,18H,3,6-7,14H2,1-2H3. The molecule has 0 bridgehead atoms. The number of ether oxygens (including phenoxy) is 3. The van der Waals surface area contributed by atoms with E-state index in [1.807, 2.05) is 25.1 Å². The van der Waals surface area contributed by atoms with Crippen LogP contribution in [0.15, 0.2) is 49.1 Å². The largest absolute Gasteiger partial charge is 0.492 e. The van der Waals surface area contributed by atoms with Crippen LogP contribution in [0.25, 0.3) is 16.6 Å². The van der Waals surface area contributed by atoms with E-state index in [1.165, 1.54) is 19.4 Å². The van der Waals surface area contributed by atoms with Gasteiger partial charge in [0, 0.05) is 36.4 Å². The molecular weight excluding hydrogens is 451 g/mol. The van der Waals surface area contributed by atoms with Crippen molar-refractivity contribution in [1.82, 2.24) is 19.6 Å². The van der Waals surface area contributed by atoms with Gasteiger partial charge in [0.15, 0.2) is 5.82 Å². The Bertz CT molecular complexity index is 1400. The van der Waals surface area contributed by atoms with Gasteiger partial charge in [0.2, 0.25) is 5.88 Å². The molecule has 35 heavy (non-hydrogen) atoms. The Morgan fingerprint density at radius 3 is 2.77 bits per heavy atom. The SMILES string of the molecule is CCOc1cc(-c2ccc(N3CCC(Oc4cnc(OC)c(F)c4)C3)nc2)c2c(C#N)cnn2c1. The molecule has 0 amide bonds. The van der Waals surface area contributed by atoms with Gasteiger partial charge in [-0.25, -0.2) is 18.9 Å². The molecule has 178 valence electrons. The highest BCUT2D eigenvalue weighted by Gasteiger charge is 2.26. The summed E-state index contributed by atoms with van der Waals surface area (Å²) in [5, 5.41) is 13.8. The number of nitriles is 1. The maximum atomic E-state index is 13.9. The molecule has 5 heterocycles. The van der Waals surface area contributed by atoms with Crippen LogP contribution in [0.2, 0.25) is 0 Å². The Hall–Kier alpha value is -4.39. The summed E-state index contributed by atoms with van der Waals surface area (Å²) in [6.07, 6.45) is 7.21. The second-order valence-electron chi connectivity index (χ2n) is 8.03. The zero-order valence-electron chi connectivity index (χ0n) is 19.3. The average molecular weight is 474 g/mol. The average Bonchev–Trinajstić information content (AvgIpc) is 3.51. The van der Waals surface area contributed by atoms with Crippen LogP contribution in [0, 0.1) is 17.1 Å². The van der Waals surface area contributed by atoms with Gasteiger partial charge in [-0.3, -0.25) is 0 Å². The summed E-state index contributed by atoms with van der Waals surface area (Å²) in [6, 6.07) is 9.30. The van der Waals surface area contributed by atoms with Crippen LogP contribution < -0.4 is 19.1 Å². The van der Waals surface area contributed by atoms with Gasteiger partial charge in [0.25, 0.3) is 0 Å². The Kier molecular flexibility index (Phi) is 6.06. The van der Waals surface area contributed by atoms with Crippen molar-refractivity contribution in [2.24, 2.45) is 0 Å². The number of methoxy groups -OCH3 is 1. The zero-order chi connectivity index (χ0) is 24.4. The summed E-state index contributed by atoms with van der Waals surface area (Å²) in [6.45, 7) is 3.81. The van der Waals surface area contributed by atoms with Crippen LogP contribution in [0.5, 0.6) is 17.4 Å². The molecule has 10 heteroatoms. The molecule has 1 saturated heterocycles. The summed E-state index contributed by atoms with van der Waals surface area (Å²) >= 11 is 0. The van der Waals surface area contributed by atoms with Crippen LogP contribution in [-0.2, 0) is 0 Å².